The average molecular weight is 286 g/mol. The summed E-state index contributed by atoms with van der Waals surface area (Å²) in [5.41, 5.74) is 3.40. The third-order valence-corrected chi connectivity index (χ3v) is 4.87. The van der Waals surface area contributed by atoms with Crippen molar-refractivity contribution in [3.63, 3.8) is 0 Å². The Balaban J connectivity index is 2.03. The fourth-order valence-electron chi connectivity index (χ4n) is 2.65. The lowest BCUT2D eigenvalue weighted by Crippen LogP contribution is -2.16. The Morgan fingerprint density at radius 1 is 1.30 bits per heavy atom. The van der Waals surface area contributed by atoms with Crippen molar-refractivity contribution in [2.75, 3.05) is 11.4 Å². The third-order valence-electron chi connectivity index (χ3n) is 3.71. The predicted molar refractivity (Wildman–Crippen MR) is 83.2 cm³/mol. The van der Waals surface area contributed by atoms with Gasteiger partial charge in [0.05, 0.1) is 10.6 Å². The number of carbonyl (C=O) groups excluding carboxylic acids is 1. The van der Waals surface area contributed by atoms with Crippen LogP contribution in [0.3, 0.4) is 0 Å². The van der Waals surface area contributed by atoms with Gasteiger partial charge < -0.3 is 4.90 Å². The second-order valence-electron chi connectivity index (χ2n) is 5.08. The van der Waals surface area contributed by atoms with Crippen molar-refractivity contribution in [1.29, 1.82) is 0 Å². The van der Waals surface area contributed by atoms with Crippen LogP contribution in [0.15, 0.2) is 24.3 Å². The number of para-hydroxylation sites is 1. The maximum atomic E-state index is 12.0. The quantitative estimate of drug-likeness (QED) is 0.850. The normalized spacial score (nSPS) is 14.2. The zero-order chi connectivity index (χ0) is 14.1. The van der Waals surface area contributed by atoms with Gasteiger partial charge >= 0.3 is 0 Å². The molecule has 1 aliphatic rings. The molecule has 104 valence electrons. The van der Waals surface area contributed by atoms with Crippen LogP contribution >= 0.6 is 11.3 Å². The molecule has 1 aromatic heterocycles. The number of thiazole rings is 1. The van der Waals surface area contributed by atoms with E-state index >= 15 is 0 Å². The maximum absolute atomic E-state index is 12.0. The fraction of sp³-hybridized carbons (Fsp3) is 0.375. The summed E-state index contributed by atoms with van der Waals surface area (Å²) < 4.78 is 0. The molecule has 1 aliphatic carbocycles. The summed E-state index contributed by atoms with van der Waals surface area (Å²) in [6, 6.07) is 8.31. The van der Waals surface area contributed by atoms with Crippen LogP contribution in [0.2, 0.25) is 0 Å². The standard InChI is InChI=1S/C16H18N2OS/c1-3-18(13-9-5-4-7-11(13)2)16-17-12-8-6-10-14(19)15(12)20-16/h4-5,7,9H,3,6,8,10H2,1-2H3. The molecule has 0 N–H and O–H groups in total. The molecule has 0 radical (unpaired) electrons. The van der Waals surface area contributed by atoms with Crippen LogP contribution < -0.4 is 4.90 Å². The van der Waals surface area contributed by atoms with Gasteiger partial charge in [0.25, 0.3) is 0 Å². The molecular weight excluding hydrogens is 268 g/mol. The van der Waals surface area contributed by atoms with Crippen molar-refractivity contribution in [2.24, 2.45) is 0 Å². The highest BCUT2D eigenvalue weighted by molar-refractivity contribution is 7.17. The van der Waals surface area contributed by atoms with Gasteiger partial charge in [-0.15, -0.1) is 0 Å². The van der Waals surface area contributed by atoms with Gasteiger partial charge in [-0.25, -0.2) is 4.98 Å². The van der Waals surface area contributed by atoms with Gasteiger partial charge in [-0.2, -0.15) is 0 Å². The zero-order valence-corrected chi connectivity index (χ0v) is 12.7. The molecule has 0 atom stereocenters. The number of carbonyl (C=O) groups is 1. The Labute approximate surface area is 123 Å². The summed E-state index contributed by atoms with van der Waals surface area (Å²) in [6.07, 6.45) is 2.54. The number of anilines is 2. The fourth-order valence-corrected chi connectivity index (χ4v) is 3.80. The number of Topliss-reactive ketones (excluding diaryl/α,β-unsaturated/α-hetero) is 1. The van der Waals surface area contributed by atoms with Crippen molar-refractivity contribution < 1.29 is 4.79 Å². The monoisotopic (exact) mass is 286 g/mol. The maximum Gasteiger partial charge on any atom is 0.190 e. The first-order valence-electron chi connectivity index (χ1n) is 7.06. The number of fused-ring (bicyclic) bond motifs is 1. The highest BCUT2D eigenvalue weighted by Gasteiger charge is 2.24. The van der Waals surface area contributed by atoms with Gasteiger partial charge in [0.15, 0.2) is 10.9 Å². The lowest BCUT2D eigenvalue weighted by molar-refractivity contribution is 0.0976. The van der Waals surface area contributed by atoms with E-state index in [0.29, 0.717) is 6.42 Å². The molecule has 0 amide bonds. The molecule has 0 aliphatic heterocycles. The summed E-state index contributed by atoms with van der Waals surface area (Å²) in [7, 11) is 0. The topological polar surface area (TPSA) is 33.2 Å². The molecular formula is C16H18N2OS. The Hall–Kier alpha value is -1.68. The van der Waals surface area contributed by atoms with Crippen LogP contribution in [0.25, 0.3) is 0 Å². The second kappa shape index (κ2) is 5.37. The number of rotatable bonds is 3. The van der Waals surface area contributed by atoms with Gasteiger partial charge in [0.1, 0.15) is 0 Å². The number of hydrogen-bond donors (Lipinski definition) is 0. The van der Waals surface area contributed by atoms with E-state index in [1.165, 1.54) is 11.3 Å². The van der Waals surface area contributed by atoms with E-state index < -0.39 is 0 Å². The van der Waals surface area contributed by atoms with E-state index in [1.807, 2.05) is 12.1 Å². The SMILES string of the molecule is CCN(c1nc2c(s1)C(=O)CCC2)c1ccccc1C. The van der Waals surface area contributed by atoms with E-state index in [4.69, 9.17) is 4.98 Å². The molecule has 4 heteroatoms. The molecule has 0 unspecified atom stereocenters. The highest BCUT2D eigenvalue weighted by Crippen LogP contribution is 2.36. The smallest absolute Gasteiger partial charge is 0.190 e. The van der Waals surface area contributed by atoms with E-state index in [1.54, 1.807) is 11.3 Å². The van der Waals surface area contributed by atoms with Crippen LogP contribution in [-0.4, -0.2) is 17.3 Å². The van der Waals surface area contributed by atoms with Crippen molar-refractivity contribution in [2.45, 2.75) is 33.1 Å². The van der Waals surface area contributed by atoms with Gasteiger partial charge in [0.2, 0.25) is 0 Å². The highest BCUT2D eigenvalue weighted by atomic mass is 32.1. The minimum absolute atomic E-state index is 0.260. The molecule has 2 aromatic rings. The van der Waals surface area contributed by atoms with Crippen molar-refractivity contribution in [3.8, 4) is 0 Å². The first kappa shape index (κ1) is 13.3. The average Bonchev–Trinajstić information content (AvgIpc) is 2.87. The van der Waals surface area contributed by atoms with Crippen LogP contribution in [0, 0.1) is 6.92 Å². The van der Waals surface area contributed by atoms with E-state index in [0.717, 1.165) is 35.1 Å². The number of hydrogen-bond acceptors (Lipinski definition) is 4. The van der Waals surface area contributed by atoms with Crippen molar-refractivity contribution in [1.82, 2.24) is 4.98 Å². The van der Waals surface area contributed by atoms with E-state index in [9.17, 15) is 4.79 Å². The van der Waals surface area contributed by atoms with Crippen LogP contribution in [0.1, 0.15) is 40.7 Å². The van der Waals surface area contributed by atoms with Crippen molar-refractivity contribution >= 4 is 27.9 Å². The molecule has 3 rings (SSSR count). The Morgan fingerprint density at radius 2 is 2.10 bits per heavy atom. The first-order valence-corrected chi connectivity index (χ1v) is 7.88. The summed E-state index contributed by atoms with van der Waals surface area (Å²) in [5, 5.41) is 0.946. The lowest BCUT2D eigenvalue weighted by Gasteiger charge is -2.21. The molecule has 20 heavy (non-hydrogen) atoms. The Bertz CT molecular complexity index is 648. The molecule has 3 nitrogen and oxygen atoms in total. The summed E-state index contributed by atoms with van der Waals surface area (Å²) in [4.78, 5) is 19.8. The molecule has 0 saturated carbocycles. The first-order chi connectivity index (χ1) is 9.70. The summed E-state index contributed by atoms with van der Waals surface area (Å²) in [6.45, 7) is 5.08. The van der Waals surface area contributed by atoms with Crippen LogP contribution in [0.5, 0.6) is 0 Å². The van der Waals surface area contributed by atoms with Gasteiger partial charge in [-0.3, -0.25) is 4.79 Å². The zero-order valence-electron chi connectivity index (χ0n) is 11.8. The number of benzene rings is 1. The van der Waals surface area contributed by atoms with Gasteiger partial charge in [0, 0.05) is 18.7 Å². The van der Waals surface area contributed by atoms with E-state index in [-0.39, 0.29) is 5.78 Å². The summed E-state index contributed by atoms with van der Waals surface area (Å²) in [5.74, 6) is 0.260. The van der Waals surface area contributed by atoms with Crippen molar-refractivity contribution in [3.05, 3.63) is 40.4 Å². The van der Waals surface area contributed by atoms with Gasteiger partial charge in [-0.1, -0.05) is 29.5 Å². The molecule has 0 spiro atoms. The Morgan fingerprint density at radius 3 is 2.80 bits per heavy atom. The minimum atomic E-state index is 0.260. The van der Waals surface area contributed by atoms with Gasteiger partial charge in [-0.05, 0) is 38.3 Å². The third kappa shape index (κ3) is 2.24. The lowest BCUT2D eigenvalue weighted by atomic mass is 10.0. The molecule has 0 bridgehead atoms. The largest absolute Gasteiger partial charge is 0.318 e. The molecule has 1 heterocycles. The second-order valence-corrected chi connectivity index (χ2v) is 6.06. The van der Waals surface area contributed by atoms with E-state index in [2.05, 4.69) is 30.9 Å². The number of aryl methyl sites for hydroxylation is 2. The number of aromatic nitrogens is 1. The molecule has 0 saturated heterocycles. The number of nitrogens with zero attached hydrogens (tertiary/aromatic N) is 2. The molecule has 1 aromatic carbocycles. The van der Waals surface area contributed by atoms with Crippen LogP contribution in [-0.2, 0) is 6.42 Å². The summed E-state index contributed by atoms with van der Waals surface area (Å²) >= 11 is 1.54. The minimum Gasteiger partial charge on any atom is -0.318 e. The predicted octanol–water partition coefficient (Wildman–Crippen LogP) is 4.13. The Kier molecular flexibility index (Phi) is 3.57. The molecule has 0 fully saturated rings. The number of ketones is 1. The van der Waals surface area contributed by atoms with Crippen LogP contribution in [0.4, 0.5) is 10.8 Å².